The lowest BCUT2D eigenvalue weighted by atomic mass is 10.1. The molecule has 1 unspecified atom stereocenters. The number of aromatic nitrogens is 4. The third-order valence-electron chi connectivity index (χ3n) is 3.59. The first kappa shape index (κ1) is 12.3. The molecule has 3 aromatic rings. The first-order valence-corrected chi connectivity index (χ1v) is 6.92. The predicted molar refractivity (Wildman–Crippen MR) is 75.0 cm³/mol. The van der Waals surface area contributed by atoms with Gasteiger partial charge in [0.05, 0.1) is 24.1 Å². The van der Waals surface area contributed by atoms with Crippen molar-refractivity contribution in [2.24, 2.45) is 0 Å². The van der Waals surface area contributed by atoms with Gasteiger partial charge < -0.3 is 9.26 Å². The molecule has 0 N–H and O–H groups in total. The summed E-state index contributed by atoms with van der Waals surface area (Å²) in [5.41, 5.74) is 1.81. The Morgan fingerprint density at radius 3 is 2.90 bits per heavy atom. The fourth-order valence-corrected chi connectivity index (χ4v) is 2.41. The van der Waals surface area contributed by atoms with Crippen molar-refractivity contribution in [1.29, 1.82) is 0 Å². The minimum Gasteiger partial charge on any atom is -0.381 e. The molecule has 1 fully saturated rings. The SMILES string of the molecule is c1ccc(-n2cc(-c3nc(C4CCOC4)no3)cn2)cc1. The van der Waals surface area contributed by atoms with Gasteiger partial charge in [-0.15, -0.1) is 0 Å². The van der Waals surface area contributed by atoms with Crippen LogP contribution in [0.1, 0.15) is 18.2 Å². The summed E-state index contributed by atoms with van der Waals surface area (Å²) in [7, 11) is 0. The Morgan fingerprint density at radius 2 is 2.10 bits per heavy atom. The molecule has 0 spiro atoms. The zero-order valence-electron chi connectivity index (χ0n) is 11.3. The van der Waals surface area contributed by atoms with Gasteiger partial charge in [0.15, 0.2) is 5.82 Å². The molecule has 21 heavy (non-hydrogen) atoms. The number of benzene rings is 1. The molecule has 106 valence electrons. The van der Waals surface area contributed by atoms with E-state index in [-0.39, 0.29) is 5.92 Å². The summed E-state index contributed by atoms with van der Waals surface area (Å²) in [6, 6.07) is 9.91. The van der Waals surface area contributed by atoms with Crippen molar-refractivity contribution >= 4 is 0 Å². The van der Waals surface area contributed by atoms with E-state index in [1.54, 1.807) is 10.9 Å². The Morgan fingerprint density at radius 1 is 1.19 bits per heavy atom. The average molecular weight is 282 g/mol. The van der Waals surface area contributed by atoms with E-state index in [0.717, 1.165) is 30.1 Å². The third kappa shape index (κ3) is 2.34. The standard InChI is InChI=1S/C15H14N4O2/c1-2-4-13(5-3-1)19-9-12(8-16-19)15-17-14(18-21-15)11-6-7-20-10-11/h1-5,8-9,11H,6-7,10H2. The van der Waals surface area contributed by atoms with E-state index in [1.807, 2.05) is 36.5 Å². The molecule has 0 saturated carbocycles. The van der Waals surface area contributed by atoms with Gasteiger partial charge in [0.1, 0.15) is 0 Å². The van der Waals surface area contributed by atoms with Gasteiger partial charge in [-0.3, -0.25) is 0 Å². The lowest BCUT2D eigenvalue weighted by Gasteiger charge is -1.98. The van der Waals surface area contributed by atoms with Crippen molar-refractivity contribution in [3.8, 4) is 17.1 Å². The summed E-state index contributed by atoms with van der Waals surface area (Å²) in [4.78, 5) is 4.46. The normalized spacial score (nSPS) is 18.2. The van der Waals surface area contributed by atoms with Crippen LogP contribution in [0.15, 0.2) is 47.2 Å². The third-order valence-corrected chi connectivity index (χ3v) is 3.59. The maximum absolute atomic E-state index is 5.35. The van der Waals surface area contributed by atoms with Crippen LogP contribution in [0.3, 0.4) is 0 Å². The molecular formula is C15H14N4O2. The van der Waals surface area contributed by atoms with Gasteiger partial charge >= 0.3 is 0 Å². The molecular weight excluding hydrogens is 268 g/mol. The van der Waals surface area contributed by atoms with E-state index in [9.17, 15) is 0 Å². The van der Waals surface area contributed by atoms with Gasteiger partial charge in [-0.25, -0.2) is 4.68 Å². The van der Waals surface area contributed by atoms with E-state index in [1.165, 1.54) is 0 Å². The molecule has 0 bridgehead atoms. The first-order valence-electron chi connectivity index (χ1n) is 6.92. The molecule has 1 saturated heterocycles. The van der Waals surface area contributed by atoms with Crippen LogP contribution in [0.25, 0.3) is 17.1 Å². The van der Waals surface area contributed by atoms with Gasteiger partial charge in [0.2, 0.25) is 0 Å². The molecule has 1 aliphatic rings. The summed E-state index contributed by atoms with van der Waals surface area (Å²) in [6.07, 6.45) is 4.56. The van der Waals surface area contributed by atoms with Gasteiger partial charge in [0.25, 0.3) is 5.89 Å². The van der Waals surface area contributed by atoms with E-state index < -0.39 is 0 Å². The van der Waals surface area contributed by atoms with Gasteiger partial charge in [-0.1, -0.05) is 23.4 Å². The van der Waals surface area contributed by atoms with Crippen LogP contribution in [-0.4, -0.2) is 33.1 Å². The summed E-state index contributed by atoms with van der Waals surface area (Å²) in [5.74, 6) is 1.46. The minimum absolute atomic E-state index is 0.242. The average Bonchev–Trinajstić information content (AvgIpc) is 3.27. The summed E-state index contributed by atoms with van der Waals surface area (Å²) in [6.45, 7) is 1.43. The van der Waals surface area contributed by atoms with E-state index in [2.05, 4.69) is 15.2 Å². The number of nitrogens with zero attached hydrogens (tertiary/aromatic N) is 4. The predicted octanol–water partition coefficient (Wildman–Crippen LogP) is 2.43. The zero-order valence-corrected chi connectivity index (χ0v) is 11.3. The van der Waals surface area contributed by atoms with Crippen LogP contribution in [0.4, 0.5) is 0 Å². The van der Waals surface area contributed by atoms with Gasteiger partial charge in [-0.2, -0.15) is 10.1 Å². The van der Waals surface area contributed by atoms with Crippen LogP contribution in [0.5, 0.6) is 0 Å². The largest absolute Gasteiger partial charge is 0.381 e. The molecule has 0 aliphatic carbocycles. The van der Waals surface area contributed by atoms with Crippen LogP contribution < -0.4 is 0 Å². The lowest BCUT2D eigenvalue weighted by molar-refractivity contribution is 0.192. The molecule has 1 atom stereocenters. The smallest absolute Gasteiger partial charge is 0.261 e. The molecule has 0 radical (unpaired) electrons. The van der Waals surface area contributed by atoms with Gasteiger partial charge in [0, 0.05) is 18.7 Å². The summed E-state index contributed by atoms with van der Waals surface area (Å²) in [5, 5.41) is 8.39. The van der Waals surface area contributed by atoms with Crippen molar-refractivity contribution in [3.05, 3.63) is 48.5 Å². The number of rotatable bonds is 3. The minimum atomic E-state index is 0.242. The molecule has 1 aromatic carbocycles. The maximum Gasteiger partial charge on any atom is 0.261 e. The molecule has 1 aliphatic heterocycles. The second kappa shape index (κ2) is 5.14. The van der Waals surface area contributed by atoms with E-state index in [0.29, 0.717) is 12.5 Å². The van der Waals surface area contributed by atoms with E-state index in [4.69, 9.17) is 9.26 Å². The molecule has 4 rings (SSSR count). The fraction of sp³-hybridized carbons (Fsp3) is 0.267. The Bertz CT molecular complexity index is 729. The number of hydrogen-bond donors (Lipinski definition) is 0. The molecule has 3 heterocycles. The lowest BCUT2D eigenvalue weighted by Crippen LogP contribution is -1.99. The van der Waals surface area contributed by atoms with Gasteiger partial charge in [-0.05, 0) is 18.6 Å². The Labute approximate surface area is 121 Å². The maximum atomic E-state index is 5.35. The topological polar surface area (TPSA) is 66.0 Å². The van der Waals surface area contributed by atoms with E-state index >= 15 is 0 Å². The molecule has 2 aromatic heterocycles. The van der Waals surface area contributed by atoms with Crippen LogP contribution in [0, 0.1) is 0 Å². The van der Waals surface area contributed by atoms with Crippen molar-refractivity contribution < 1.29 is 9.26 Å². The summed E-state index contributed by atoms with van der Waals surface area (Å²) < 4.78 is 12.5. The molecule has 6 heteroatoms. The van der Waals surface area contributed by atoms with Crippen molar-refractivity contribution in [3.63, 3.8) is 0 Å². The Hall–Kier alpha value is -2.47. The van der Waals surface area contributed by atoms with Crippen molar-refractivity contribution in [2.75, 3.05) is 13.2 Å². The second-order valence-corrected chi connectivity index (χ2v) is 5.03. The van der Waals surface area contributed by atoms with Crippen LogP contribution in [-0.2, 0) is 4.74 Å². The highest BCUT2D eigenvalue weighted by Crippen LogP contribution is 2.25. The highest BCUT2D eigenvalue weighted by atomic mass is 16.5. The van der Waals surface area contributed by atoms with Crippen LogP contribution >= 0.6 is 0 Å². The Kier molecular flexibility index (Phi) is 3.01. The quantitative estimate of drug-likeness (QED) is 0.738. The number of ether oxygens (including phenoxy) is 1. The van der Waals surface area contributed by atoms with Crippen LogP contribution in [0.2, 0.25) is 0 Å². The monoisotopic (exact) mass is 282 g/mol. The first-order chi connectivity index (χ1) is 10.4. The number of para-hydroxylation sites is 1. The summed E-state index contributed by atoms with van der Waals surface area (Å²) >= 11 is 0. The Balaban J connectivity index is 1.61. The zero-order chi connectivity index (χ0) is 14.1. The fourth-order valence-electron chi connectivity index (χ4n) is 2.41. The highest BCUT2D eigenvalue weighted by molar-refractivity contribution is 5.51. The molecule has 0 amide bonds. The van der Waals surface area contributed by atoms with Crippen molar-refractivity contribution in [1.82, 2.24) is 19.9 Å². The molecule has 6 nitrogen and oxygen atoms in total. The van der Waals surface area contributed by atoms with Crippen molar-refractivity contribution in [2.45, 2.75) is 12.3 Å². The second-order valence-electron chi connectivity index (χ2n) is 5.03. The highest BCUT2D eigenvalue weighted by Gasteiger charge is 2.23. The number of hydrogen-bond acceptors (Lipinski definition) is 5.